The fourth-order valence-electron chi connectivity index (χ4n) is 1.95. The third-order valence-corrected chi connectivity index (χ3v) is 4.34. The Labute approximate surface area is 107 Å². The van der Waals surface area contributed by atoms with Gasteiger partial charge in [-0.05, 0) is 31.0 Å². The van der Waals surface area contributed by atoms with E-state index in [1.807, 2.05) is 0 Å². The number of rotatable bonds is 3. The van der Waals surface area contributed by atoms with Gasteiger partial charge in [0.25, 0.3) is 0 Å². The molecule has 0 unspecified atom stereocenters. The second-order valence-electron chi connectivity index (χ2n) is 4.27. The van der Waals surface area contributed by atoms with Crippen molar-refractivity contribution in [1.29, 1.82) is 0 Å². The normalized spacial score (nSPS) is 23.6. The highest BCUT2D eigenvalue weighted by molar-refractivity contribution is 7.85. The van der Waals surface area contributed by atoms with E-state index in [4.69, 9.17) is 5.11 Å². The third kappa shape index (κ3) is 3.07. The van der Waals surface area contributed by atoms with Gasteiger partial charge >= 0.3 is 5.97 Å². The summed E-state index contributed by atoms with van der Waals surface area (Å²) in [5, 5.41) is 11.9. The van der Waals surface area contributed by atoms with Crippen LogP contribution in [0, 0.1) is 5.82 Å². The van der Waals surface area contributed by atoms with E-state index in [2.05, 4.69) is 5.32 Å². The minimum Gasteiger partial charge on any atom is -0.478 e. The summed E-state index contributed by atoms with van der Waals surface area (Å²) in [4.78, 5) is 10.7. The SMILES string of the molecule is O=C(O)c1ccc(NC2CCS(=O)CC2)cc1F. The third-order valence-electron chi connectivity index (χ3n) is 2.96. The van der Waals surface area contributed by atoms with Crippen LogP contribution in [0.25, 0.3) is 0 Å². The van der Waals surface area contributed by atoms with Gasteiger partial charge in [0.1, 0.15) is 5.82 Å². The molecule has 1 fully saturated rings. The van der Waals surface area contributed by atoms with E-state index in [9.17, 15) is 13.4 Å². The van der Waals surface area contributed by atoms with Crippen molar-refractivity contribution in [3.8, 4) is 0 Å². The number of aromatic carboxylic acids is 1. The van der Waals surface area contributed by atoms with Crippen LogP contribution in [0.4, 0.5) is 10.1 Å². The van der Waals surface area contributed by atoms with Crippen molar-refractivity contribution in [3.05, 3.63) is 29.6 Å². The van der Waals surface area contributed by atoms with Crippen LogP contribution in [-0.2, 0) is 10.8 Å². The Morgan fingerprint density at radius 3 is 2.61 bits per heavy atom. The van der Waals surface area contributed by atoms with Gasteiger partial charge in [-0.3, -0.25) is 4.21 Å². The van der Waals surface area contributed by atoms with Gasteiger partial charge in [-0.25, -0.2) is 9.18 Å². The molecule has 0 aliphatic carbocycles. The minimum absolute atomic E-state index is 0.178. The van der Waals surface area contributed by atoms with Crippen LogP contribution in [0.1, 0.15) is 23.2 Å². The van der Waals surface area contributed by atoms with Gasteiger partial charge in [-0.2, -0.15) is 0 Å². The maximum absolute atomic E-state index is 13.4. The fraction of sp³-hybridized carbons (Fsp3) is 0.417. The molecule has 0 amide bonds. The quantitative estimate of drug-likeness (QED) is 0.880. The first-order chi connectivity index (χ1) is 8.56. The van der Waals surface area contributed by atoms with Gasteiger partial charge in [0.05, 0.1) is 5.56 Å². The number of carboxylic acid groups (broad SMARTS) is 1. The van der Waals surface area contributed by atoms with Gasteiger partial charge < -0.3 is 10.4 Å². The summed E-state index contributed by atoms with van der Waals surface area (Å²) in [6.45, 7) is 0. The number of benzene rings is 1. The molecule has 0 aromatic heterocycles. The highest BCUT2D eigenvalue weighted by Crippen LogP contribution is 2.19. The molecule has 0 atom stereocenters. The van der Waals surface area contributed by atoms with Crippen molar-refractivity contribution in [2.24, 2.45) is 0 Å². The van der Waals surface area contributed by atoms with Gasteiger partial charge in [0, 0.05) is 34.0 Å². The average molecular weight is 271 g/mol. The lowest BCUT2D eigenvalue weighted by atomic mass is 10.1. The second kappa shape index (κ2) is 5.48. The molecule has 1 aliphatic heterocycles. The van der Waals surface area contributed by atoms with Crippen LogP contribution in [0.15, 0.2) is 18.2 Å². The number of carbonyl (C=O) groups is 1. The van der Waals surface area contributed by atoms with E-state index < -0.39 is 22.6 Å². The predicted octanol–water partition coefficient (Wildman–Crippen LogP) is 1.85. The zero-order valence-electron chi connectivity index (χ0n) is 9.69. The van der Waals surface area contributed by atoms with E-state index in [0.29, 0.717) is 17.2 Å². The smallest absolute Gasteiger partial charge is 0.338 e. The molecule has 98 valence electrons. The number of anilines is 1. The molecular weight excluding hydrogens is 257 g/mol. The van der Waals surface area contributed by atoms with Gasteiger partial charge in [0.2, 0.25) is 0 Å². The molecular formula is C12H14FNO3S. The van der Waals surface area contributed by atoms with E-state index >= 15 is 0 Å². The lowest BCUT2D eigenvalue weighted by Gasteiger charge is -2.23. The van der Waals surface area contributed by atoms with Crippen molar-refractivity contribution in [3.63, 3.8) is 0 Å². The van der Waals surface area contributed by atoms with Gasteiger partial charge in [-0.1, -0.05) is 0 Å². The standard InChI is InChI=1S/C12H14FNO3S/c13-11-7-9(1-2-10(11)12(15)16)14-8-3-5-18(17)6-4-8/h1-2,7-8,14H,3-6H2,(H,15,16). The molecule has 1 saturated heterocycles. The molecule has 0 saturated carbocycles. The Bertz CT molecular complexity index is 482. The summed E-state index contributed by atoms with van der Waals surface area (Å²) in [7, 11) is -0.725. The first-order valence-corrected chi connectivity index (χ1v) is 7.19. The number of carboxylic acids is 1. The summed E-state index contributed by atoms with van der Waals surface area (Å²) in [5.41, 5.74) is 0.237. The maximum atomic E-state index is 13.4. The van der Waals surface area contributed by atoms with Crippen LogP contribution in [-0.4, -0.2) is 32.8 Å². The molecule has 1 aliphatic rings. The van der Waals surface area contributed by atoms with E-state index in [1.165, 1.54) is 12.1 Å². The first kappa shape index (κ1) is 13.0. The molecule has 2 N–H and O–H groups in total. The highest BCUT2D eigenvalue weighted by Gasteiger charge is 2.18. The van der Waals surface area contributed by atoms with Crippen LogP contribution in [0.3, 0.4) is 0 Å². The number of nitrogens with one attached hydrogen (secondary N) is 1. The average Bonchev–Trinajstić information content (AvgIpc) is 2.32. The summed E-state index contributed by atoms with van der Waals surface area (Å²) in [5.74, 6) is -0.695. The van der Waals surface area contributed by atoms with Crippen LogP contribution >= 0.6 is 0 Å². The van der Waals surface area contributed by atoms with Crippen molar-refractivity contribution in [2.45, 2.75) is 18.9 Å². The zero-order valence-corrected chi connectivity index (χ0v) is 10.5. The molecule has 1 aromatic rings. The molecule has 0 spiro atoms. The highest BCUT2D eigenvalue weighted by atomic mass is 32.2. The largest absolute Gasteiger partial charge is 0.478 e. The molecule has 1 heterocycles. The van der Waals surface area contributed by atoms with Crippen LogP contribution in [0.2, 0.25) is 0 Å². The molecule has 6 heteroatoms. The Morgan fingerprint density at radius 2 is 2.06 bits per heavy atom. The molecule has 0 bridgehead atoms. The number of hydrogen-bond donors (Lipinski definition) is 2. The fourth-order valence-corrected chi connectivity index (χ4v) is 3.25. The van der Waals surface area contributed by atoms with Crippen molar-refractivity contribution in [2.75, 3.05) is 16.8 Å². The number of hydrogen-bond acceptors (Lipinski definition) is 3. The summed E-state index contributed by atoms with van der Waals surface area (Å²) in [6.07, 6.45) is 1.57. The Kier molecular flexibility index (Phi) is 3.96. The van der Waals surface area contributed by atoms with E-state index in [-0.39, 0.29) is 11.6 Å². The maximum Gasteiger partial charge on any atom is 0.338 e. The molecule has 2 rings (SSSR count). The monoisotopic (exact) mass is 271 g/mol. The van der Waals surface area contributed by atoms with Gasteiger partial charge in [0.15, 0.2) is 0 Å². The minimum atomic E-state index is -1.27. The van der Waals surface area contributed by atoms with Gasteiger partial charge in [-0.15, -0.1) is 0 Å². The van der Waals surface area contributed by atoms with Crippen LogP contribution < -0.4 is 5.32 Å². The van der Waals surface area contributed by atoms with Crippen molar-refractivity contribution >= 4 is 22.5 Å². The number of halogens is 1. The summed E-state index contributed by atoms with van der Waals surface area (Å²) >= 11 is 0. The summed E-state index contributed by atoms with van der Waals surface area (Å²) in [6, 6.07) is 4.17. The van der Waals surface area contributed by atoms with Crippen LogP contribution in [0.5, 0.6) is 0 Å². The van der Waals surface area contributed by atoms with Crippen molar-refractivity contribution < 1.29 is 18.5 Å². The van der Waals surface area contributed by atoms with E-state index in [1.54, 1.807) is 6.07 Å². The Morgan fingerprint density at radius 1 is 1.39 bits per heavy atom. The lowest BCUT2D eigenvalue weighted by molar-refractivity contribution is 0.0692. The summed E-state index contributed by atoms with van der Waals surface area (Å²) < 4.78 is 24.6. The lowest BCUT2D eigenvalue weighted by Crippen LogP contribution is -2.29. The molecule has 18 heavy (non-hydrogen) atoms. The Balaban J connectivity index is 2.04. The molecule has 1 aromatic carbocycles. The van der Waals surface area contributed by atoms with Crippen molar-refractivity contribution in [1.82, 2.24) is 0 Å². The first-order valence-electron chi connectivity index (χ1n) is 5.70. The predicted molar refractivity (Wildman–Crippen MR) is 67.9 cm³/mol. The molecule has 0 radical (unpaired) electrons. The zero-order chi connectivity index (χ0) is 13.1. The van der Waals surface area contributed by atoms with E-state index in [0.717, 1.165) is 12.8 Å². The Hall–Kier alpha value is -1.43. The topological polar surface area (TPSA) is 66.4 Å². The second-order valence-corrected chi connectivity index (χ2v) is 5.96. The molecule has 4 nitrogen and oxygen atoms in total.